The molecule has 0 N–H and O–H groups in total. The van der Waals surface area contributed by atoms with Gasteiger partial charge < -0.3 is 4.74 Å². The molecule has 1 aliphatic carbocycles. The number of hydrogen-bond donors (Lipinski definition) is 0. The highest BCUT2D eigenvalue weighted by Gasteiger charge is 2.48. The average Bonchev–Trinajstić information content (AvgIpc) is 2.52. The summed E-state index contributed by atoms with van der Waals surface area (Å²) < 4.78 is 5.92. The van der Waals surface area contributed by atoms with Crippen LogP contribution in [0.4, 0.5) is 0 Å². The highest BCUT2D eigenvalue weighted by Crippen LogP contribution is 2.49. The summed E-state index contributed by atoms with van der Waals surface area (Å²) >= 11 is 0. The zero-order valence-corrected chi connectivity index (χ0v) is 9.75. The first-order valence-electron chi connectivity index (χ1n) is 5.89. The number of hydrogen-bond acceptors (Lipinski definition) is 2. The van der Waals surface area contributed by atoms with Gasteiger partial charge in [0.1, 0.15) is 17.6 Å². The predicted molar refractivity (Wildman–Crippen MR) is 61.8 cm³/mol. The molecule has 2 heteroatoms. The van der Waals surface area contributed by atoms with Crippen molar-refractivity contribution >= 4 is 5.78 Å². The fourth-order valence-corrected chi connectivity index (χ4v) is 2.92. The molecule has 3 rings (SSSR count). The third-order valence-electron chi connectivity index (χ3n) is 4.07. The third-order valence-corrected chi connectivity index (χ3v) is 4.07. The Morgan fingerprint density at radius 3 is 3.06 bits per heavy atom. The number of aryl methyl sites for hydroxylation is 1. The lowest BCUT2D eigenvalue weighted by Gasteiger charge is -2.33. The molecule has 0 amide bonds. The molecule has 84 valence electrons. The molecule has 2 aliphatic rings. The van der Waals surface area contributed by atoms with Gasteiger partial charge in [-0.25, -0.2) is 0 Å². The molecule has 1 heterocycles. The Morgan fingerprint density at radius 2 is 2.25 bits per heavy atom. The quantitative estimate of drug-likeness (QED) is 0.666. The van der Waals surface area contributed by atoms with Gasteiger partial charge in [-0.05, 0) is 19.4 Å². The summed E-state index contributed by atoms with van der Waals surface area (Å²) in [7, 11) is 0. The van der Waals surface area contributed by atoms with Gasteiger partial charge >= 0.3 is 0 Å². The first-order chi connectivity index (χ1) is 7.59. The number of fused-ring (bicyclic) bond motifs is 3. The lowest BCUT2D eigenvalue weighted by Crippen LogP contribution is -2.41. The number of ether oxygens (including phenoxy) is 1. The minimum Gasteiger partial charge on any atom is -0.489 e. The molecule has 2 atom stereocenters. The van der Waals surface area contributed by atoms with Crippen LogP contribution in [0.25, 0.3) is 0 Å². The summed E-state index contributed by atoms with van der Waals surface area (Å²) in [6.07, 6.45) is 2.26. The van der Waals surface area contributed by atoms with Crippen LogP contribution in [0, 0.1) is 6.92 Å². The van der Waals surface area contributed by atoms with Crippen LogP contribution in [0.5, 0.6) is 5.75 Å². The van der Waals surface area contributed by atoms with Gasteiger partial charge in [-0.2, -0.15) is 0 Å². The number of carbonyl (C=O) groups is 1. The second-order valence-electron chi connectivity index (χ2n) is 5.27. The van der Waals surface area contributed by atoms with Gasteiger partial charge in [-0.15, -0.1) is 0 Å². The van der Waals surface area contributed by atoms with Crippen LogP contribution in [0.1, 0.15) is 37.3 Å². The van der Waals surface area contributed by atoms with E-state index in [0.29, 0.717) is 18.6 Å². The minimum absolute atomic E-state index is 0.0509. The Labute approximate surface area is 95.6 Å². The van der Waals surface area contributed by atoms with E-state index in [1.165, 1.54) is 11.1 Å². The normalized spacial score (nSPS) is 31.9. The highest BCUT2D eigenvalue weighted by atomic mass is 16.5. The van der Waals surface area contributed by atoms with E-state index in [4.69, 9.17) is 4.74 Å². The molecule has 0 bridgehead atoms. The number of Topliss-reactive ketones (excluding diaryl/α,β-unsaturated/α-hetero) is 1. The van der Waals surface area contributed by atoms with Crippen molar-refractivity contribution in [3.05, 3.63) is 29.3 Å². The molecule has 1 aromatic carbocycles. The molecule has 0 saturated heterocycles. The van der Waals surface area contributed by atoms with Crippen LogP contribution in [-0.4, -0.2) is 11.9 Å². The minimum atomic E-state index is 0.0509. The average molecular weight is 216 g/mol. The maximum absolute atomic E-state index is 11.5. The van der Waals surface area contributed by atoms with Gasteiger partial charge in [0.25, 0.3) is 0 Å². The van der Waals surface area contributed by atoms with Gasteiger partial charge in [0.15, 0.2) is 0 Å². The van der Waals surface area contributed by atoms with E-state index >= 15 is 0 Å². The van der Waals surface area contributed by atoms with Crippen LogP contribution >= 0.6 is 0 Å². The lowest BCUT2D eigenvalue weighted by atomic mass is 9.70. The molecule has 0 aromatic heterocycles. The molecule has 1 aromatic rings. The Morgan fingerprint density at radius 1 is 1.44 bits per heavy atom. The second-order valence-corrected chi connectivity index (χ2v) is 5.27. The highest BCUT2D eigenvalue weighted by molar-refractivity contribution is 5.81. The number of benzene rings is 1. The van der Waals surface area contributed by atoms with Crippen molar-refractivity contribution in [3.8, 4) is 5.75 Å². The summed E-state index contributed by atoms with van der Waals surface area (Å²) in [5.74, 6) is 1.32. The van der Waals surface area contributed by atoms with Crippen LogP contribution in [0.15, 0.2) is 18.2 Å². The van der Waals surface area contributed by atoms with E-state index in [1.807, 2.05) is 6.07 Å². The molecule has 1 saturated carbocycles. The fraction of sp³-hybridized carbons (Fsp3) is 0.500. The summed E-state index contributed by atoms with van der Waals surface area (Å²) in [6.45, 7) is 4.33. The molecule has 0 unspecified atom stereocenters. The van der Waals surface area contributed by atoms with Crippen molar-refractivity contribution in [2.45, 2.75) is 44.6 Å². The summed E-state index contributed by atoms with van der Waals surface area (Å²) in [5, 5.41) is 0. The number of ketones is 1. The predicted octanol–water partition coefficient (Wildman–Crippen LogP) is 2.77. The maximum Gasteiger partial charge on any atom is 0.136 e. The van der Waals surface area contributed by atoms with Crippen LogP contribution in [0.3, 0.4) is 0 Å². The topological polar surface area (TPSA) is 26.3 Å². The van der Waals surface area contributed by atoms with Gasteiger partial charge in [0, 0.05) is 23.8 Å². The molecule has 16 heavy (non-hydrogen) atoms. The molecule has 2 nitrogen and oxygen atoms in total. The zero-order valence-electron chi connectivity index (χ0n) is 9.75. The first-order valence-corrected chi connectivity index (χ1v) is 5.89. The van der Waals surface area contributed by atoms with Crippen LogP contribution in [0.2, 0.25) is 0 Å². The van der Waals surface area contributed by atoms with Crippen LogP contribution in [-0.2, 0) is 10.2 Å². The van der Waals surface area contributed by atoms with Crippen LogP contribution < -0.4 is 4.74 Å². The second kappa shape index (κ2) is 3.09. The number of rotatable bonds is 0. The Hall–Kier alpha value is -1.31. The van der Waals surface area contributed by atoms with Gasteiger partial charge in [-0.3, -0.25) is 4.79 Å². The van der Waals surface area contributed by atoms with Gasteiger partial charge in [-0.1, -0.05) is 24.6 Å². The van der Waals surface area contributed by atoms with E-state index in [0.717, 1.165) is 12.2 Å². The van der Waals surface area contributed by atoms with E-state index in [-0.39, 0.29) is 11.5 Å². The molecule has 1 aliphatic heterocycles. The number of carbonyl (C=O) groups excluding carboxylic acids is 1. The Kier molecular flexibility index (Phi) is 1.91. The Balaban J connectivity index is 2.09. The molecule has 1 fully saturated rings. The van der Waals surface area contributed by atoms with Crippen molar-refractivity contribution < 1.29 is 9.53 Å². The maximum atomic E-state index is 11.5. The molecular weight excluding hydrogens is 200 g/mol. The van der Waals surface area contributed by atoms with Crippen molar-refractivity contribution in [1.82, 2.24) is 0 Å². The Bertz CT molecular complexity index is 464. The SMILES string of the molecule is Cc1ccc2c(c1)[C@]1(C)CCC(=O)C[C@@H]1O2. The van der Waals surface area contributed by atoms with Crippen molar-refractivity contribution in [3.63, 3.8) is 0 Å². The van der Waals surface area contributed by atoms with E-state index in [1.54, 1.807) is 0 Å². The smallest absolute Gasteiger partial charge is 0.136 e. The molecular formula is C14H16O2. The standard InChI is InChI=1S/C14H16O2/c1-9-3-4-12-11(7-9)14(2)6-5-10(15)8-13(14)16-12/h3-4,7,13H,5-6,8H2,1-2H3/t13-,14-/m0/s1. The molecule has 0 spiro atoms. The van der Waals surface area contributed by atoms with E-state index in [2.05, 4.69) is 26.0 Å². The van der Waals surface area contributed by atoms with E-state index in [9.17, 15) is 4.79 Å². The van der Waals surface area contributed by atoms with Crippen molar-refractivity contribution in [1.29, 1.82) is 0 Å². The first kappa shape index (κ1) is 9.88. The van der Waals surface area contributed by atoms with Crippen molar-refractivity contribution in [2.24, 2.45) is 0 Å². The van der Waals surface area contributed by atoms with Crippen molar-refractivity contribution in [2.75, 3.05) is 0 Å². The monoisotopic (exact) mass is 216 g/mol. The van der Waals surface area contributed by atoms with Gasteiger partial charge in [0.05, 0.1) is 0 Å². The third kappa shape index (κ3) is 1.22. The fourth-order valence-electron chi connectivity index (χ4n) is 2.92. The lowest BCUT2D eigenvalue weighted by molar-refractivity contribution is -0.123. The van der Waals surface area contributed by atoms with Gasteiger partial charge in [0.2, 0.25) is 0 Å². The molecule has 0 radical (unpaired) electrons. The zero-order chi connectivity index (χ0) is 11.3. The summed E-state index contributed by atoms with van der Waals surface area (Å²) in [4.78, 5) is 11.5. The summed E-state index contributed by atoms with van der Waals surface area (Å²) in [6, 6.07) is 6.32. The largest absolute Gasteiger partial charge is 0.489 e. The summed E-state index contributed by atoms with van der Waals surface area (Å²) in [5.41, 5.74) is 2.61. The van der Waals surface area contributed by atoms with E-state index < -0.39 is 0 Å².